The SMILES string of the molecule is Cc1ccc(Oc2ccnc(Nc3ccc(S(N)(=O)=O)cc3)c2)c(C2CCOCC2)n1. The Balaban J connectivity index is 1.53. The van der Waals surface area contributed by atoms with E-state index in [1.807, 2.05) is 19.1 Å². The first-order chi connectivity index (χ1) is 14.9. The molecule has 9 heteroatoms. The number of hydrogen-bond donors (Lipinski definition) is 2. The van der Waals surface area contributed by atoms with E-state index in [-0.39, 0.29) is 4.90 Å². The van der Waals surface area contributed by atoms with E-state index >= 15 is 0 Å². The molecule has 1 aliphatic rings. The van der Waals surface area contributed by atoms with Crippen molar-refractivity contribution in [2.24, 2.45) is 5.14 Å². The fourth-order valence-electron chi connectivity index (χ4n) is 3.46. The summed E-state index contributed by atoms with van der Waals surface area (Å²) in [5.41, 5.74) is 2.58. The van der Waals surface area contributed by atoms with E-state index in [0.717, 1.165) is 43.2 Å². The summed E-state index contributed by atoms with van der Waals surface area (Å²) in [5, 5.41) is 8.28. The van der Waals surface area contributed by atoms with Gasteiger partial charge in [0.05, 0.1) is 10.6 Å². The maximum atomic E-state index is 11.4. The first-order valence-electron chi connectivity index (χ1n) is 9.97. The summed E-state index contributed by atoms with van der Waals surface area (Å²) < 4.78 is 34.5. The van der Waals surface area contributed by atoms with Crippen LogP contribution in [-0.4, -0.2) is 31.6 Å². The number of hydrogen-bond acceptors (Lipinski definition) is 7. The van der Waals surface area contributed by atoms with Crippen molar-refractivity contribution in [3.63, 3.8) is 0 Å². The van der Waals surface area contributed by atoms with Gasteiger partial charge in [0.25, 0.3) is 0 Å². The van der Waals surface area contributed by atoms with E-state index in [4.69, 9.17) is 19.6 Å². The molecule has 0 aliphatic carbocycles. The molecule has 0 spiro atoms. The number of ether oxygens (including phenoxy) is 2. The molecule has 1 aliphatic heterocycles. The minimum atomic E-state index is -3.73. The number of nitrogens with zero attached hydrogens (tertiary/aromatic N) is 2. The maximum Gasteiger partial charge on any atom is 0.238 e. The second-order valence-corrected chi connectivity index (χ2v) is 8.96. The Morgan fingerprint density at radius 2 is 1.84 bits per heavy atom. The van der Waals surface area contributed by atoms with Crippen LogP contribution in [-0.2, 0) is 14.8 Å². The number of benzene rings is 1. The molecule has 0 radical (unpaired) electrons. The van der Waals surface area contributed by atoms with Gasteiger partial charge in [-0.15, -0.1) is 0 Å². The molecule has 0 bridgehead atoms. The third kappa shape index (κ3) is 5.38. The zero-order valence-corrected chi connectivity index (χ0v) is 17.9. The number of pyridine rings is 2. The van der Waals surface area contributed by atoms with Crippen LogP contribution < -0.4 is 15.2 Å². The van der Waals surface area contributed by atoms with Crippen LogP contribution in [0.4, 0.5) is 11.5 Å². The Labute approximate surface area is 181 Å². The number of sulfonamides is 1. The van der Waals surface area contributed by atoms with Gasteiger partial charge in [-0.1, -0.05) is 0 Å². The van der Waals surface area contributed by atoms with Crippen LogP contribution in [0.15, 0.2) is 59.6 Å². The zero-order valence-electron chi connectivity index (χ0n) is 17.1. The molecule has 0 amide bonds. The summed E-state index contributed by atoms with van der Waals surface area (Å²) in [6, 6.07) is 13.6. The van der Waals surface area contributed by atoms with Crippen LogP contribution in [0.5, 0.6) is 11.5 Å². The standard InChI is InChI=1S/C22H24N4O4S/c1-15-2-7-20(22(25-15)16-9-12-29-13-10-16)30-18-8-11-24-21(14-18)26-17-3-5-19(6-4-17)31(23,27)28/h2-8,11,14,16H,9-10,12-13H2,1H3,(H,24,26)(H2,23,27,28). The van der Waals surface area contributed by atoms with Gasteiger partial charge in [-0.3, -0.25) is 4.98 Å². The Morgan fingerprint density at radius 3 is 2.55 bits per heavy atom. The average molecular weight is 441 g/mol. The Hall–Kier alpha value is -3.01. The van der Waals surface area contributed by atoms with Gasteiger partial charge < -0.3 is 14.8 Å². The summed E-state index contributed by atoms with van der Waals surface area (Å²) in [7, 11) is -3.73. The number of aryl methyl sites for hydroxylation is 1. The molecule has 162 valence electrons. The second kappa shape index (κ2) is 9.01. The van der Waals surface area contributed by atoms with Crippen LogP contribution in [0.25, 0.3) is 0 Å². The van der Waals surface area contributed by atoms with Gasteiger partial charge in [0.2, 0.25) is 10.0 Å². The quantitative estimate of drug-likeness (QED) is 0.598. The summed E-state index contributed by atoms with van der Waals surface area (Å²) in [5.74, 6) is 2.22. The largest absolute Gasteiger partial charge is 0.455 e. The second-order valence-electron chi connectivity index (χ2n) is 7.40. The minimum absolute atomic E-state index is 0.0515. The van der Waals surface area contributed by atoms with E-state index in [1.54, 1.807) is 30.5 Å². The van der Waals surface area contributed by atoms with Crippen molar-refractivity contribution in [3.05, 3.63) is 66.1 Å². The first kappa shape index (κ1) is 21.2. The molecule has 3 heterocycles. The molecule has 1 fully saturated rings. The molecular formula is C22H24N4O4S. The van der Waals surface area contributed by atoms with Crippen molar-refractivity contribution in [2.45, 2.75) is 30.6 Å². The van der Waals surface area contributed by atoms with Crippen LogP contribution in [0, 0.1) is 6.92 Å². The van der Waals surface area contributed by atoms with E-state index in [1.165, 1.54) is 12.1 Å². The molecule has 3 N–H and O–H groups in total. The summed E-state index contributed by atoms with van der Waals surface area (Å²) >= 11 is 0. The molecule has 3 aromatic rings. The molecule has 1 saturated heterocycles. The van der Waals surface area contributed by atoms with Gasteiger partial charge in [0.1, 0.15) is 17.3 Å². The van der Waals surface area contributed by atoms with Crippen LogP contribution >= 0.6 is 0 Å². The van der Waals surface area contributed by atoms with Gasteiger partial charge in [-0.25, -0.2) is 18.5 Å². The third-order valence-corrected chi connectivity index (χ3v) is 5.98. The predicted molar refractivity (Wildman–Crippen MR) is 117 cm³/mol. The number of anilines is 2. The summed E-state index contributed by atoms with van der Waals surface area (Å²) in [4.78, 5) is 9.10. The Morgan fingerprint density at radius 1 is 1.10 bits per heavy atom. The number of nitrogens with one attached hydrogen (secondary N) is 1. The van der Waals surface area contributed by atoms with Gasteiger partial charge in [-0.2, -0.15) is 0 Å². The monoisotopic (exact) mass is 440 g/mol. The topological polar surface area (TPSA) is 116 Å². The molecule has 2 aromatic heterocycles. The number of aromatic nitrogens is 2. The van der Waals surface area contributed by atoms with E-state index in [0.29, 0.717) is 23.2 Å². The lowest BCUT2D eigenvalue weighted by Gasteiger charge is -2.23. The molecule has 0 unspecified atom stereocenters. The fraction of sp³-hybridized carbons (Fsp3) is 0.273. The average Bonchev–Trinajstić information content (AvgIpc) is 2.76. The minimum Gasteiger partial charge on any atom is -0.455 e. The summed E-state index contributed by atoms with van der Waals surface area (Å²) in [6.45, 7) is 3.43. The third-order valence-electron chi connectivity index (χ3n) is 5.05. The summed E-state index contributed by atoms with van der Waals surface area (Å²) in [6.07, 6.45) is 3.49. The zero-order chi connectivity index (χ0) is 21.8. The van der Waals surface area contributed by atoms with Crippen molar-refractivity contribution >= 4 is 21.5 Å². The van der Waals surface area contributed by atoms with Crippen molar-refractivity contribution in [1.82, 2.24) is 9.97 Å². The molecular weight excluding hydrogens is 416 g/mol. The van der Waals surface area contributed by atoms with E-state index in [9.17, 15) is 8.42 Å². The number of rotatable bonds is 6. The van der Waals surface area contributed by atoms with Gasteiger partial charge in [0.15, 0.2) is 0 Å². The molecule has 0 saturated carbocycles. The first-order valence-corrected chi connectivity index (χ1v) is 11.5. The molecule has 8 nitrogen and oxygen atoms in total. The van der Waals surface area contributed by atoms with Gasteiger partial charge in [0, 0.05) is 42.8 Å². The van der Waals surface area contributed by atoms with Gasteiger partial charge >= 0.3 is 0 Å². The van der Waals surface area contributed by atoms with Crippen LogP contribution in [0.1, 0.15) is 30.1 Å². The lowest BCUT2D eigenvalue weighted by molar-refractivity contribution is 0.0840. The molecule has 31 heavy (non-hydrogen) atoms. The van der Waals surface area contributed by atoms with Crippen molar-refractivity contribution in [2.75, 3.05) is 18.5 Å². The van der Waals surface area contributed by atoms with E-state index in [2.05, 4.69) is 10.3 Å². The number of primary sulfonamides is 1. The van der Waals surface area contributed by atoms with E-state index < -0.39 is 10.0 Å². The highest BCUT2D eigenvalue weighted by molar-refractivity contribution is 7.89. The Bertz CT molecular complexity index is 1160. The maximum absolute atomic E-state index is 11.4. The van der Waals surface area contributed by atoms with Gasteiger partial charge in [-0.05, 0) is 62.2 Å². The van der Waals surface area contributed by atoms with Crippen LogP contribution in [0.3, 0.4) is 0 Å². The lowest BCUT2D eigenvalue weighted by atomic mass is 9.95. The molecule has 0 atom stereocenters. The molecule has 4 rings (SSSR count). The van der Waals surface area contributed by atoms with Crippen molar-refractivity contribution in [3.8, 4) is 11.5 Å². The van der Waals surface area contributed by atoms with Crippen LogP contribution in [0.2, 0.25) is 0 Å². The Kier molecular flexibility index (Phi) is 6.17. The smallest absolute Gasteiger partial charge is 0.238 e. The fourth-order valence-corrected chi connectivity index (χ4v) is 3.98. The number of nitrogens with two attached hydrogens (primary N) is 1. The van der Waals surface area contributed by atoms with Crippen molar-refractivity contribution in [1.29, 1.82) is 0 Å². The molecule has 1 aromatic carbocycles. The van der Waals surface area contributed by atoms with Crippen molar-refractivity contribution < 1.29 is 17.9 Å². The highest BCUT2D eigenvalue weighted by Crippen LogP contribution is 2.35. The highest BCUT2D eigenvalue weighted by atomic mass is 32.2. The predicted octanol–water partition coefficient (Wildman–Crippen LogP) is 3.86. The normalized spacial score (nSPS) is 14.9. The lowest BCUT2D eigenvalue weighted by Crippen LogP contribution is -2.16. The highest BCUT2D eigenvalue weighted by Gasteiger charge is 2.22.